The molecule has 1 heterocycles. The van der Waals surface area contributed by atoms with Crippen molar-refractivity contribution < 1.29 is 4.79 Å². The van der Waals surface area contributed by atoms with Crippen LogP contribution in [0.1, 0.15) is 20.3 Å². The standard InChI is InChI=1S/C15H20ClN3OS/c1-3-18(4-2)8-5-9-19-14(20)12-7-6-11(16)10-13(12)17-15(19)21/h6-7,10,12H,3-5,8-9H2,1-2H3. The molecule has 1 atom stereocenters. The van der Waals surface area contributed by atoms with Crippen molar-refractivity contribution in [1.82, 2.24) is 9.80 Å². The Kier molecular flexibility index (Phi) is 5.67. The summed E-state index contributed by atoms with van der Waals surface area (Å²) in [4.78, 5) is 20.8. The van der Waals surface area contributed by atoms with Gasteiger partial charge in [-0.1, -0.05) is 31.5 Å². The largest absolute Gasteiger partial charge is 0.304 e. The quantitative estimate of drug-likeness (QED) is 0.704. The van der Waals surface area contributed by atoms with Gasteiger partial charge < -0.3 is 4.90 Å². The number of thiocarbonyl (C=S) groups is 1. The van der Waals surface area contributed by atoms with Crippen molar-refractivity contribution in [2.24, 2.45) is 10.9 Å². The van der Waals surface area contributed by atoms with Gasteiger partial charge in [0.15, 0.2) is 0 Å². The first-order chi connectivity index (χ1) is 10.1. The number of carbonyl (C=O) groups is 1. The van der Waals surface area contributed by atoms with Crippen LogP contribution < -0.4 is 0 Å². The van der Waals surface area contributed by atoms with E-state index in [-0.39, 0.29) is 11.8 Å². The number of rotatable bonds is 6. The summed E-state index contributed by atoms with van der Waals surface area (Å²) in [6, 6.07) is 0. The molecule has 0 aromatic carbocycles. The van der Waals surface area contributed by atoms with Gasteiger partial charge in [-0.3, -0.25) is 9.69 Å². The van der Waals surface area contributed by atoms with E-state index in [0.717, 1.165) is 26.1 Å². The first-order valence-electron chi connectivity index (χ1n) is 7.28. The fourth-order valence-electron chi connectivity index (χ4n) is 2.51. The fraction of sp³-hybridized carbons (Fsp3) is 0.533. The van der Waals surface area contributed by atoms with Gasteiger partial charge in [0.2, 0.25) is 11.0 Å². The van der Waals surface area contributed by atoms with Gasteiger partial charge in [0.25, 0.3) is 0 Å². The van der Waals surface area contributed by atoms with Gasteiger partial charge >= 0.3 is 0 Å². The van der Waals surface area contributed by atoms with Gasteiger partial charge in [-0.2, -0.15) is 0 Å². The first kappa shape index (κ1) is 16.3. The third-order valence-corrected chi connectivity index (χ3v) is 4.34. The van der Waals surface area contributed by atoms with E-state index in [4.69, 9.17) is 23.8 Å². The number of hydrogen-bond donors (Lipinski definition) is 0. The molecule has 1 aliphatic heterocycles. The highest BCUT2D eigenvalue weighted by Crippen LogP contribution is 2.23. The molecule has 0 saturated carbocycles. The van der Waals surface area contributed by atoms with E-state index in [1.165, 1.54) is 0 Å². The van der Waals surface area contributed by atoms with E-state index in [1.807, 2.05) is 0 Å². The Hall–Kier alpha value is -1.04. The van der Waals surface area contributed by atoms with Crippen LogP contribution in [-0.2, 0) is 4.79 Å². The molecule has 1 unspecified atom stereocenters. The van der Waals surface area contributed by atoms with Crippen LogP contribution in [-0.4, -0.2) is 52.7 Å². The van der Waals surface area contributed by atoms with Crippen LogP contribution in [0.2, 0.25) is 0 Å². The van der Waals surface area contributed by atoms with Gasteiger partial charge in [-0.05, 0) is 50.4 Å². The monoisotopic (exact) mass is 325 g/mol. The van der Waals surface area contributed by atoms with Crippen molar-refractivity contribution in [2.45, 2.75) is 20.3 Å². The highest BCUT2D eigenvalue weighted by atomic mass is 35.5. The number of carbonyl (C=O) groups excluding carboxylic acids is 1. The lowest BCUT2D eigenvalue weighted by atomic mass is 9.95. The lowest BCUT2D eigenvalue weighted by Crippen LogP contribution is -2.46. The van der Waals surface area contributed by atoms with Crippen molar-refractivity contribution in [3.63, 3.8) is 0 Å². The van der Waals surface area contributed by atoms with Gasteiger partial charge in [0.1, 0.15) is 0 Å². The van der Waals surface area contributed by atoms with E-state index in [2.05, 4.69) is 23.7 Å². The predicted molar refractivity (Wildman–Crippen MR) is 90.7 cm³/mol. The Morgan fingerprint density at radius 1 is 1.43 bits per heavy atom. The lowest BCUT2D eigenvalue weighted by Gasteiger charge is -2.31. The molecule has 0 spiro atoms. The van der Waals surface area contributed by atoms with Gasteiger partial charge in [-0.15, -0.1) is 0 Å². The molecule has 0 N–H and O–H groups in total. The van der Waals surface area contributed by atoms with Gasteiger partial charge in [-0.25, -0.2) is 4.99 Å². The second kappa shape index (κ2) is 7.29. The normalized spacial score (nSPS) is 21.5. The highest BCUT2D eigenvalue weighted by Gasteiger charge is 2.34. The minimum absolute atomic E-state index is 0.00112. The van der Waals surface area contributed by atoms with Gasteiger partial charge in [0, 0.05) is 11.6 Å². The second-order valence-electron chi connectivity index (χ2n) is 5.06. The third-order valence-electron chi connectivity index (χ3n) is 3.79. The van der Waals surface area contributed by atoms with Crippen molar-refractivity contribution in [2.75, 3.05) is 26.2 Å². The Labute approximate surface area is 136 Å². The molecular weight excluding hydrogens is 306 g/mol. The lowest BCUT2D eigenvalue weighted by molar-refractivity contribution is -0.128. The minimum atomic E-state index is -0.340. The first-order valence-corrected chi connectivity index (χ1v) is 8.07. The van der Waals surface area contributed by atoms with Crippen LogP contribution in [0.3, 0.4) is 0 Å². The number of allylic oxidation sites excluding steroid dienone is 3. The smallest absolute Gasteiger partial charge is 0.241 e. The zero-order chi connectivity index (χ0) is 15.4. The molecule has 114 valence electrons. The zero-order valence-corrected chi connectivity index (χ0v) is 14.0. The fourth-order valence-corrected chi connectivity index (χ4v) is 2.98. The minimum Gasteiger partial charge on any atom is -0.304 e. The van der Waals surface area contributed by atoms with E-state index >= 15 is 0 Å². The Bertz CT molecular complexity index is 523. The van der Waals surface area contributed by atoms with Crippen LogP contribution in [0, 0.1) is 5.92 Å². The molecule has 0 aromatic heterocycles. The molecule has 4 nitrogen and oxygen atoms in total. The molecule has 21 heavy (non-hydrogen) atoms. The maximum absolute atomic E-state index is 12.5. The van der Waals surface area contributed by atoms with Crippen molar-refractivity contribution >= 4 is 40.6 Å². The molecule has 0 saturated heterocycles. The summed E-state index contributed by atoms with van der Waals surface area (Å²) in [7, 11) is 0. The van der Waals surface area contributed by atoms with Crippen LogP contribution in [0.15, 0.2) is 28.3 Å². The number of hydrogen-bond acceptors (Lipinski definition) is 3. The maximum Gasteiger partial charge on any atom is 0.241 e. The molecular formula is C15H20ClN3OS. The molecule has 0 bridgehead atoms. The number of amides is 1. The Balaban J connectivity index is 2.01. The zero-order valence-electron chi connectivity index (χ0n) is 12.4. The summed E-state index contributed by atoms with van der Waals surface area (Å²) in [5.74, 6) is -0.339. The number of halogens is 1. The number of nitrogens with zero attached hydrogens (tertiary/aromatic N) is 3. The van der Waals surface area contributed by atoms with Crippen LogP contribution in [0.25, 0.3) is 0 Å². The van der Waals surface area contributed by atoms with Crippen LogP contribution in [0.5, 0.6) is 0 Å². The summed E-state index contributed by atoms with van der Waals surface area (Å²) in [5.41, 5.74) is 0.650. The Morgan fingerprint density at radius 2 is 2.14 bits per heavy atom. The van der Waals surface area contributed by atoms with Gasteiger partial charge in [0.05, 0.1) is 11.6 Å². The molecule has 6 heteroatoms. The summed E-state index contributed by atoms with van der Waals surface area (Å²) < 4.78 is 0. The third kappa shape index (κ3) is 3.78. The molecule has 1 amide bonds. The average Bonchev–Trinajstić information content (AvgIpc) is 2.46. The summed E-state index contributed by atoms with van der Waals surface area (Å²) in [5, 5.41) is 0.928. The SMILES string of the molecule is CCN(CC)CCCN1C(=O)C2C=CC(Cl)=CC2=NC1=S. The molecule has 1 aliphatic carbocycles. The van der Waals surface area contributed by atoms with Crippen molar-refractivity contribution in [3.05, 3.63) is 23.3 Å². The molecule has 0 aromatic rings. The van der Waals surface area contributed by atoms with Crippen LogP contribution in [0.4, 0.5) is 0 Å². The van der Waals surface area contributed by atoms with E-state index in [0.29, 0.717) is 22.4 Å². The maximum atomic E-state index is 12.5. The van der Waals surface area contributed by atoms with Crippen molar-refractivity contribution in [3.8, 4) is 0 Å². The molecule has 0 radical (unpaired) electrons. The summed E-state index contributed by atoms with van der Waals surface area (Å²) in [6.45, 7) is 7.89. The highest BCUT2D eigenvalue weighted by molar-refractivity contribution is 7.80. The average molecular weight is 326 g/mol. The summed E-state index contributed by atoms with van der Waals surface area (Å²) in [6.07, 6.45) is 6.14. The van der Waals surface area contributed by atoms with Crippen LogP contribution >= 0.6 is 23.8 Å². The number of aliphatic imine (C=N–C) groups is 1. The second-order valence-corrected chi connectivity index (χ2v) is 5.86. The molecule has 0 fully saturated rings. The predicted octanol–water partition coefficient (Wildman–Crippen LogP) is 2.60. The molecule has 2 rings (SSSR count). The van der Waals surface area contributed by atoms with E-state index < -0.39 is 0 Å². The molecule has 2 aliphatic rings. The Morgan fingerprint density at radius 3 is 2.81 bits per heavy atom. The topological polar surface area (TPSA) is 35.9 Å². The summed E-state index contributed by atoms with van der Waals surface area (Å²) >= 11 is 11.2. The van der Waals surface area contributed by atoms with E-state index in [1.54, 1.807) is 23.1 Å². The van der Waals surface area contributed by atoms with E-state index in [9.17, 15) is 4.79 Å². The number of fused-ring (bicyclic) bond motifs is 1. The van der Waals surface area contributed by atoms with Crippen molar-refractivity contribution in [1.29, 1.82) is 0 Å².